The molecule has 1 nitrogen and oxygen atoms in total. The molecule has 1 radical (unpaired) electrons. The van der Waals surface area contributed by atoms with E-state index in [1.54, 1.807) is 0 Å². The second kappa shape index (κ2) is 4.46. The molecule has 0 bridgehead atoms. The third kappa shape index (κ3) is 2.19. The van der Waals surface area contributed by atoms with E-state index in [0.717, 1.165) is 6.61 Å². The molecule has 2 rings (SSSR count). The molecule has 2 aliphatic rings. The van der Waals surface area contributed by atoms with Gasteiger partial charge in [-0.1, -0.05) is 24.3 Å². The minimum absolute atomic E-state index is 0. The Morgan fingerprint density at radius 2 is 1.91 bits per heavy atom. The zero-order valence-electron chi connectivity index (χ0n) is 6.99. The average molecular weight is 159 g/mol. The maximum absolute atomic E-state index is 5.53. The molecule has 1 heterocycles. The molecule has 1 unspecified atom stereocenters. The van der Waals surface area contributed by atoms with E-state index in [9.17, 15) is 0 Å². The first-order valence-corrected chi connectivity index (χ1v) is 3.93. The van der Waals surface area contributed by atoms with E-state index in [4.69, 9.17) is 4.74 Å². The molecule has 0 aromatic rings. The van der Waals surface area contributed by atoms with Gasteiger partial charge in [-0.3, -0.25) is 0 Å². The monoisotopic (exact) mass is 159 g/mol. The summed E-state index contributed by atoms with van der Waals surface area (Å²) in [5.74, 6) is 0.572. The first kappa shape index (κ1) is 9.53. The summed E-state index contributed by atoms with van der Waals surface area (Å²) in [6.07, 6.45) is 11.6. The first-order valence-electron chi connectivity index (χ1n) is 3.93. The molecule has 0 amide bonds. The van der Waals surface area contributed by atoms with Crippen molar-refractivity contribution in [2.24, 2.45) is 5.92 Å². The van der Waals surface area contributed by atoms with Crippen molar-refractivity contribution in [2.45, 2.75) is 18.9 Å². The Morgan fingerprint density at radius 1 is 1.18 bits per heavy atom. The summed E-state index contributed by atoms with van der Waals surface area (Å²) in [4.78, 5) is 0. The molecule has 0 N–H and O–H groups in total. The van der Waals surface area contributed by atoms with Gasteiger partial charge in [-0.15, -0.1) is 0 Å². The van der Waals surface area contributed by atoms with Crippen LogP contribution in [0.25, 0.3) is 0 Å². The van der Waals surface area contributed by atoms with Gasteiger partial charge in [0.25, 0.3) is 0 Å². The Balaban J connectivity index is 0.000000605. The minimum Gasteiger partial charge on any atom is -0.377 e. The zero-order chi connectivity index (χ0) is 6.81. The fraction of sp³-hybridized carbons (Fsp3) is 0.556. The zero-order valence-corrected chi connectivity index (χ0v) is 8.99. The fourth-order valence-electron chi connectivity index (χ4n) is 1.60. The Morgan fingerprint density at radius 3 is 2.45 bits per heavy atom. The molecule has 2 heteroatoms. The smallest absolute Gasteiger partial charge is 0.0673 e. The summed E-state index contributed by atoms with van der Waals surface area (Å²) >= 11 is 0. The Kier molecular flexibility index (Phi) is 3.86. The van der Waals surface area contributed by atoms with Gasteiger partial charge in [-0.05, 0) is 12.8 Å². The predicted molar refractivity (Wildman–Crippen MR) is 46.5 cm³/mol. The van der Waals surface area contributed by atoms with E-state index in [0.29, 0.717) is 12.0 Å². The van der Waals surface area contributed by atoms with E-state index >= 15 is 0 Å². The van der Waals surface area contributed by atoms with Gasteiger partial charge in [0, 0.05) is 42.1 Å². The van der Waals surface area contributed by atoms with Crippen molar-refractivity contribution in [3.8, 4) is 0 Å². The van der Waals surface area contributed by atoms with Crippen LogP contribution in [0.1, 0.15) is 12.8 Å². The van der Waals surface area contributed by atoms with Crippen molar-refractivity contribution in [2.75, 3.05) is 6.61 Å². The van der Waals surface area contributed by atoms with Crippen molar-refractivity contribution >= 4 is 29.6 Å². The molecule has 1 aliphatic heterocycles. The summed E-state index contributed by atoms with van der Waals surface area (Å²) < 4.78 is 5.53. The van der Waals surface area contributed by atoms with Crippen LogP contribution in [0.2, 0.25) is 0 Å². The molecule has 55 valence electrons. The predicted octanol–water partition coefficient (Wildman–Crippen LogP) is 1.53. The van der Waals surface area contributed by atoms with E-state index in [-0.39, 0.29) is 29.6 Å². The fourth-order valence-corrected chi connectivity index (χ4v) is 1.60. The third-order valence-electron chi connectivity index (χ3n) is 2.17. The third-order valence-corrected chi connectivity index (χ3v) is 2.17. The van der Waals surface area contributed by atoms with Crippen LogP contribution in [0.15, 0.2) is 24.3 Å². The summed E-state index contributed by atoms with van der Waals surface area (Å²) in [6.45, 7) is 0.961. The van der Waals surface area contributed by atoms with Crippen molar-refractivity contribution in [1.82, 2.24) is 0 Å². The molecule has 0 spiro atoms. The van der Waals surface area contributed by atoms with Crippen LogP contribution < -0.4 is 0 Å². The molecule has 1 atom stereocenters. The topological polar surface area (TPSA) is 9.23 Å². The van der Waals surface area contributed by atoms with Crippen molar-refractivity contribution in [1.29, 1.82) is 0 Å². The van der Waals surface area contributed by atoms with E-state index < -0.39 is 0 Å². The standard InChI is InChI=1S/C9H12O.Na/c1-2-5-8(4-1)9-6-3-7-10-9;/h1-2,4-5,8-9H,3,6-7H2;. The molecule has 0 aromatic carbocycles. The van der Waals surface area contributed by atoms with E-state index in [1.807, 2.05) is 0 Å². The van der Waals surface area contributed by atoms with Gasteiger partial charge in [-0.25, -0.2) is 0 Å². The molecule has 1 fully saturated rings. The Labute approximate surface area is 89.8 Å². The SMILES string of the molecule is C1=CC(C2CCCO2)C=C1.[Na]. The summed E-state index contributed by atoms with van der Waals surface area (Å²) in [6, 6.07) is 0. The van der Waals surface area contributed by atoms with E-state index in [1.165, 1.54) is 12.8 Å². The molecule has 1 aliphatic carbocycles. The van der Waals surface area contributed by atoms with Crippen LogP contribution in [0, 0.1) is 5.92 Å². The number of rotatable bonds is 1. The van der Waals surface area contributed by atoms with Gasteiger partial charge < -0.3 is 4.74 Å². The Hall–Kier alpha value is 0.440. The van der Waals surface area contributed by atoms with Crippen molar-refractivity contribution < 1.29 is 4.74 Å². The van der Waals surface area contributed by atoms with Crippen molar-refractivity contribution in [3.05, 3.63) is 24.3 Å². The van der Waals surface area contributed by atoms with Gasteiger partial charge in [-0.2, -0.15) is 0 Å². The molecule has 1 saturated heterocycles. The molecular weight excluding hydrogens is 147 g/mol. The number of allylic oxidation sites excluding steroid dienone is 2. The van der Waals surface area contributed by atoms with Gasteiger partial charge in [0.05, 0.1) is 6.10 Å². The second-order valence-corrected chi connectivity index (χ2v) is 2.90. The molecule has 11 heavy (non-hydrogen) atoms. The largest absolute Gasteiger partial charge is 0.377 e. The van der Waals surface area contributed by atoms with Gasteiger partial charge in [0.15, 0.2) is 0 Å². The second-order valence-electron chi connectivity index (χ2n) is 2.90. The van der Waals surface area contributed by atoms with Crippen LogP contribution in [0.4, 0.5) is 0 Å². The average Bonchev–Trinajstić information content (AvgIpc) is 2.59. The van der Waals surface area contributed by atoms with Crippen LogP contribution in [-0.2, 0) is 4.74 Å². The number of hydrogen-bond donors (Lipinski definition) is 0. The molecular formula is C9H12NaO. The summed E-state index contributed by atoms with van der Waals surface area (Å²) in [7, 11) is 0. The van der Waals surface area contributed by atoms with Gasteiger partial charge in [0.2, 0.25) is 0 Å². The molecule has 0 saturated carbocycles. The van der Waals surface area contributed by atoms with Crippen molar-refractivity contribution in [3.63, 3.8) is 0 Å². The first-order chi connectivity index (χ1) is 4.97. The Bertz CT molecular complexity index is 156. The van der Waals surface area contributed by atoms with Crippen LogP contribution in [0.3, 0.4) is 0 Å². The minimum atomic E-state index is 0. The number of ether oxygens (including phenoxy) is 1. The quantitative estimate of drug-likeness (QED) is 0.527. The summed E-state index contributed by atoms with van der Waals surface area (Å²) in [5, 5.41) is 0. The van der Waals surface area contributed by atoms with Crippen LogP contribution >= 0.6 is 0 Å². The maximum Gasteiger partial charge on any atom is 0.0673 e. The molecule has 0 aromatic heterocycles. The van der Waals surface area contributed by atoms with Gasteiger partial charge in [0.1, 0.15) is 0 Å². The normalized spacial score (nSPS) is 29.3. The maximum atomic E-state index is 5.53. The number of hydrogen-bond acceptors (Lipinski definition) is 1. The summed E-state index contributed by atoms with van der Waals surface area (Å²) in [5.41, 5.74) is 0. The van der Waals surface area contributed by atoms with Gasteiger partial charge >= 0.3 is 0 Å². The van der Waals surface area contributed by atoms with E-state index in [2.05, 4.69) is 24.3 Å². The van der Waals surface area contributed by atoms with Crippen LogP contribution in [0.5, 0.6) is 0 Å². The van der Waals surface area contributed by atoms with Crippen LogP contribution in [-0.4, -0.2) is 42.3 Å².